The van der Waals surface area contributed by atoms with E-state index in [4.69, 9.17) is 9.52 Å². The number of hydrogen-bond donors (Lipinski definition) is 0. The Hall–Kier alpha value is -3.65. The van der Waals surface area contributed by atoms with Crippen LogP contribution in [0.1, 0.15) is 29.3 Å². The molecule has 2 aromatic carbocycles. The molecule has 32 heavy (non-hydrogen) atoms. The average molecular weight is 444 g/mol. The third-order valence-corrected chi connectivity index (χ3v) is 6.23. The molecule has 0 spiro atoms. The van der Waals surface area contributed by atoms with E-state index < -0.39 is 0 Å². The van der Waals surface area contributed by atoms with Crippen molar-refractivity contribution in [2.75, 3.05) is 5.75 Å². The first-order valence-corrected chi connectivity index (χ1v) is 11.3. The minimum atomic E-state index is -0.263. The fourth-order valence-corrected chi connectivity index (χ4v) is 4.43. The number of nitrogens with zero attached hydrogens (tertiary/aromatic N) is 5. The Balaban J connectivity index is 1.36. The molecule has 0 aliphatic carbocycles. The predicted octanol–water partition coefficient (Wildman–Crippen LogP) is 4.64. The molecule has 0 saturated carbocycles. The molecule has 0 saturated heterocycles. The van der Waals surface area contributed by atoms with Gasteiger partial charge in [-0.15, -0.1) is 10.2 Å². The van der Waals surface area contributed by atoms with E-state index in [1.807, 2.05) is 66.1 Å². The molecule has 0 fully saturated rings. The molecule has 8 heteroatoms. The summed E-state index contributed by atoms with van der Waals surface area (Å²) in [6, 6.07) is 21.4. The van der Waals surface area contributed by atoms with Crippen LogP contribution in [0.5, 0.6) is 0 Å². The van der Waals surface area contributed by atoms with Crippen LogP contribution in [-0.4, -0.2) is 37.1 Å². The summed E-state index contributed by atoms with van der Waals surface area (Å²) in [7, 11) is 0. The Bertz CT molecular complexity index is 1230. The standard InChI is InChI=1S/C24H21N5O2S/c1-17-9-11-18(12-10-17)20-14-21(22-8-5-13-31-22)29(27-20)23(30)15-32-24-26-25-16-28(24)19-6-3-2-4-7-19/h2-13,16,21H,14-15H2,1H3. The second-order valence-electron chi connectivity index (χ2n) is 7.49. The number of hydrogen-bond acceptors (Lipinski definition) is 6. The molecule has 1 unspecified atom stereocenters. The maximum atomic E-state index is 13.2. The van der Waals surface area contributed by atoms with Gasteiger partial charge < -0.3 is 4.42 Å². The van der Waals surface area contributed by atoms with Crippen molar-refractivity contribution in [3.05, 3.63) is 96.2 Å². The summed E-state index contributed by atoms with van der Waals surface area (Å²) in [6.07, 6.45) is 3.88. The van der Waals surface area contributed by atoms with Crippen LogP contribution in [0.2, 0.25) is 0 Å². The Labute approximate surface area is 189 Å². The summed E-state index contributed by atoms with van der Waals surface area (Å²) in [5.41, 5.74) is 4.01. The highest BCUT2D eigenvalue weighted by Gasteiger charge is 2.34. The van der Waals surface area contributed by atoms with E-state index in [-0.39, 0.29) is 17.7 Å². The molecule has 3 heterocycles. The lowest BCUT2D eigenvalue weighted by atomic mass is 10.0. The number of carbonyl (C=O) groups excluding carboxylic acids is 1. The van der Waals surface area contributed by atoms with Crippen LogP contribution in [-0.2, 0) is 4.79 Å². The van der Waals surface area contributed by atoms with Crippen molar-refractivity contribution in [3.8, 4) is 5.69 Å². The van der Waals surface area contributed by atoms with Crippen LogP contribution in [0.4, 0.5) is 0 Å². The Morgan fingerprint density at radius 1 is 1.09 bits per heavy atom. The summed E-state index contributed by atoms with van der Waals surface area (Å²) in [6.45, 7) is 2.05. The van der Waals surface area contributed by atoms with Gasteiger partial charge in [0.1, 0.15) is 18.1 Å². The zero-order valence-electron chi connectivity index (χ0n) is 17.5. The average Bonchev–Trinajstić information content (AvgIpc) is 3.59. The van der Waals surface area contributed by atoms with Gasteiger partial charge in [-0.3, -0.25) is 9.36 Å². The van der Waals surface area contributed by atoms with Gasteiger partial charge in [0.25, 0.3) is 5.91 Å². The fraction of sp³-hybridized carbons (Fsp3) is 0.167. The van der Waals surface area contributed by atoms with Crippen LogP contribution in [0.25, 0.3) is 5.69 Å². The summed E-state index contributed by atoms with van der Waals surface area (Å²) >= 11 is 1.34. The van der Waals surface area contributed by atoms with E-state index in [1.165, 1.54) is 17.3 Å². The Morgan fingerprint density at radius 2 is 1.91 bits per heavy atom. The van der Waals surface area contributed by atoms with Gasteiger partial charge in [0.15, 0.2) is 5.16 Å². The molecule has 1 atom stereocenters. The largest absolute Gasteiger partial charge is 0.467 e. The predicted molar refractivity (Wildman–Crippen MR) is 123 cm³/mol. The summed E-state index contributed by atoms with van der Waals surface area (Å²) in [5.74, 6) is 0.802. The fourth-order valence-electron chi connectivity index (χ4n) is 3.64. The maximum absolute atomic E-state index is 13.2. The highest BCUT2D eigenvalue weighted by Crippen LogP contribution is 2.34. The quantitative estimate of drug-likeness (QED) is 0.406. The zero-order valence-corrected chi connectivity index (χ0v) is 18.3. The van der Waals surface area contributed by atoms with Crippen LogP contribution in [0.3, 0.4) is 0 Å². The van der Waals surface area contributed by atoms with Gasteiger partial charge in [-0.25, -0.2) is 5.01 Å². The Kier molecular flexibility index (Phi) is 5.60. The van der Waals surface area contributed by atoms with Gasteiger partial charge in [0.05, 0.1) is 17.7 Å². The maximum Gasteiger partial charge on any atom is 0.253 e. The van der Waals surface area contributed by atoms with Crippen LogP contribution in [0, 0.1) is 6.92 Å². The van der Waals surface area contributed by atoms with E-state index in [9.17, 15) is 4.79 Å². The first kappa shape index (κ1) is 20.3. The van der Waals surface area contributed by atoms with Crippen molar-refractivity contribution >= 4 is 23.4 Å². The number of aryl methyl sites for hydroxylation is 1. The number of carbonyl (C=O) groups is 1. The third-order valence-electron chi connectivity index (χ3n) is 5.30. The van der Waals surface area contributed by atoms with E-state index in [0.717, 1.165) is 22.7 Å². The second kappa shape index (κ2) is 8.84. The molecule has 0 N–H and O–H groups in total. The van der Waals surface area contributed by atoms with Gasteiger partial charge in [-0.1, -0.05) is 59.8 Å². The van der Waals surface area contributed by atoms with Gasteiger partial charge in [0.2, 0.25) is 0 Å². The molecule has 1 aliphatic rings. The minimum absolute atomic E-state index is 0.110. The lowest BCUT2D eigenvalue weighted by molar-refractivity contribution is -0.130. The van der Waals surface area contributed by atoms with E-state index in [0.29, 0.717) is 11.6 Å². The van der Waals surface area contributed by atoms with Gasteiger partial charge in [0, 0.05) is 12.1 Å². The number of rotatable bonds is 6. The highest BCUT2D eigenvalue weighted by atomic mass is 32.2. The van der Waals surface area contributed by atoms with Crippen LogP contribution >= 0.6 is 11.8 Å². The van der Waals surface area contributed by atoms with Gasteiger partial charge in [-0.05, 0) is 36.8 Å². The number of para-hydroxylation sites is 1. The van der Waals surface area contributed by atoms with E-state index in [1.54, 1.807) is 17.6 Å². The topological polar surface area (TPSA) is 76.5 Å². The number of furan rings is 1. The van der Waals surface area contributed by atoms with Crippen molar-refractivity contribution in [2.24, 2.45) is 5.10 Å². The number of aromatic nitrogens is 3. The molecule has 1 aliphatic heterocycles. The number of benzene rings is 2. The molecule has 1 amide bonds. The van der Waals surface area contributed by atoms with Crippen molar-refractivity contribution in [3.63, 3.8) is 0 Å². The second-order valence-corrected chi connectivity index (χ2v) is 8.44. The zero-order chi connectivity index (χ0) is 21.9. The molecular weight excluding hydrogens is 422 g/mol. The molecule has 160 valence electrons. The molecule has 7 nitrogen and oxygen atoms in total. The minimum Gasteiger partial charge on any atom is -0.467 e. The smallest absolute Gasteiger partial charge is 0.253 e. The van der Waals surface area contributed by atoms with Crippen molar-refractivity contribution < 1.29 is 9.21 Å². The van der Waals surface area contributed by atoms with Gasteiger partial charge in [-0.2, -0.15) is 5.10 Å². The van der Waals surface area contributed by atoms with Crippen LogP contribution < -0.4 is 0 Å². The summed E-state index contributed by atoms with van der Waals surface area (Å²) in [5, 5.41) is 15.1. The SMILES string of the molecule is Cc1ccc(C2=NN(C(=O)CSc3nncn3-c3ccccc3)C(c3ccco3)C2)cc1. The lowest BCUT2D eigenvalue weighted by Crippen LogP contribution is -2.28. The Morgan fingerprint density at radius 3 is 2.66 bits per heavy atom. The van der Waals surface area contributed by atoms with E-state index in [2.05, 4.69) is 22.3 Å². The molecule has 0 bridgehead atoms. The number of amides is 1. The normalized spacial score (nSPS) is 15.7. The molecule has 5 rings (SSSR count). The third kappa shape index (κ3) is 4.09. The summed E-state index contributed by atoms with van der Waals surface area (Å²) in [4.78, 5) is 13.2. The van der Waals surface area contributed by atoms with Crippen LogP contribution in [0.15, 0.2) is 94.0 Å². The monoisotopic (exact) mass is 443 g/mol. The molecule has 4 aromatic rings. The molecule has 0 radical (unpaired) electrons. The van der Waals surface area contributed by atoms with Crippen molar-refractivity contribution in [1.82, 2.24) is 19.8 Å². The number of thioether (sulfide) groups is 1. The lowest BCUT2D eigenvalue weighted by Gasteiger charge is -2.19. The van der Waals surface area contributed by atoms with Gasteiger partial charge >= 0.3 is 0 Å². The number of hydrazone groups is 1. The summed E-state index contributed by atoms with van der Waals surface area (Å²) < 4.78 is 7.50. The van der Waals surface area contributed by atoms with Crippen molar-refractivity contribution in [1.29, 1.82) is 0 Å². The molecular formula is C24H21N5O2S. The molecule has 2 aromatic heterocycles. The first-order valence-electron chi connectivity index (χ1n) is 10.3. The van der Waals surface area contributed by atoms with E-state index >= 15 is 0 Å². The first-order chi connectivity index (χ1) is 15.7. The van der Waals surface area contributed by atoms with Crippen molar-refractivity contribution in [2.45, 2.75) is 24.5 Å². The highest BCUT2D eigenvalue weighted by molar-refractivity contribution is 7.99.